The lowest BCUT2D eigenvalue weighted by Crippen LogP contribution is -2.43. The third-order valence-corrected chi connectivity index (χ3v) is 9.23. The van der Waals surface area contributed by atoms with E-state index in [1.165, 1.54) is 12.1 Å². The Balaban J connectivity index is 1.51. The first-order valence-corrected chi connectivity index (χ1v) is 13.6. The normalized spacial score (nSPS) is 19.9. The molecule has 5 rings (SSSR count). The van der Waals surface area contributed by atoms with Crippen LogP contribution in [0.2, 0.25) is 5.02 Å². The van der Waals surface area contributed by atoms with Gasteiger partial charge in [-0.2, -0.15) is 0 Å². The van der Waals surface area contributed by atoms with E-state index in [2.05, 4.69) is 14.9 Å². The van der Waals surface area contributed by atoms with Gasteiger partial charge in [0.05, 0.1) is 5.41 Å². The summed E-state index contributed by atoms with van der Waals surface area (Å²) in [6.07, 6.45) is 4.04. The van der Waals surface area contributed by atoms with Crippen molar-refractivity contribution in [2.45, 2.75) is 54.9 Å². The number of carbonyl (C=O) groups is 2. The number of carbonyl (C=O) groups excluding carboxylic acids is 2. The zero-order chi connectivity index (χ0) is 25.0. The molecular weight excluding hydrogens is 493 g/mol. The molecule has 0 atom stereocenters. The minimum atomic E-state index is -4.30. The Labute approximate surface area is 209 Å². The van der Waals surface area contributed by atoms with Crippen molar-refractivity contribution in [3.8, 4) is 0 Å². The number of fused-ring (bicyclic) bond motifs is 2. The fraction of sp³-hybridized carbons (Fsp3) is 0.440. The van der Waals surface area contributed by atoms with Gasteiger partial charge in [-0.05, 0) is 87.3 Å². The number of nitrogens with one attached hydrogen (secondary N) is 2. The van der Waals surface area contributed by atoms with Crippen molar-refractivity contribution in [2.24, 2.45) is 0 Å². The second-order valence-corrected chi connectivity index (χ2v) is 11.9. The van der Waals surface area contributed by atoms with Crippen LogP contribution in [0.5, 0.6) is 0 Å². The molecule has 35 heavy (non-hydrogen) atoms. The average molecular weight is 520 g/mol. The molecule has 1 saturated carbocycles. The van der Waals surface area contributed by atoms with Crippen molar-refractivity contribution >= 4 is 39.0 Å². The summed E-state index contributed by atoms with van der Waals surface area (Å²) in [5.41, 5.74) is 1.14. The molecule has 1 amide bonds. The van der Waals surface area contributed by atoms with Gasteiger partial charge in [0.1, 0.15) is 16.5 Å². The molecule has 1 spiro atoms. The number of piperidine rings is 1. The van der Waals surface area contributed by atoms with Gasteiger partial charge in [0.2, 0.25) is 0 Å². The highest BCUT2D eigenvalue weighted by atomic mass is 35.5. The minimum absolute atomic E-state index is 0.00706. The van der Waals surface area contributed by atoms with Crippen LogP contribution in [-0.4, -0.2) is 51.2 Å². The largest absolute Gasteiger partial charge is 0.349 e. The van der Waals surface area contributed by atoms with E-state index in [0.29, 0.717) is 29.5 Å². The summed E-state index contributed by atoms with van der Waals surface area (Å²) in [4.78, 5) is 28.0. The van der Waals surface area contributed by atoms with E-state index >= 15 is 0 Å². The fourth-order valence-corrected chi connectivity index (χ4v) is 6.69. The molecular formula is C25H27ClFN3O4S. The molecule has 186 valence electrons. The van der Waals surface area contributed by atoms with Gasteiger partial charge in [-0.15, -0.1) is 0 Å². The highest BCUT2D eigenvalue weighted by Crippen LogP contribution is 2.52. The molecule has 0 aromatic heterocycles. The van der Waals surface area contributed by atoms with Gasteiger partial charge in [0, 0.05) is 28.7 Å². The zero-order valence-electron chi connectivity index (χ0n) is 19.4. The van der Waals surface area contributed by atoms with Crippen molar-refractivity contribution in [3.63, 3.8) is 0 Å². The van der Waals surface area contributed by atoms with Gasteiger partial charge in [-0.1, -0.05) is 18.0 Å². The minimum Gasteiger partial charge on any atom is -0.349 e. The van der Waals surface area contributed by atoms with Gasteiger partial charge in [0.15, 0.2) is 0 Å². The molecule has 2 N–H and O–H groups in total. The Morgan fingerprint density at radius 3 is 2.51 bits per heavy atom. The van der Waals surface area contributed by atoms with E-state index in [-0.39, 0.29) is 34.9 Å². The van der Waals surface area contributed by atoms with Gasteiger partial charge in [-0.25, -0.2) is 12.8 Å². The maximum absolute atomic E-state index is 14.4. The quantitative estimate of drug-likeness (QED) is 0.628. The summed E-state index contributed by atoms with van der Waals surface area (Å²) in [6.45, 7) is 1.74. The monoisotopic (exact) mass is 519 g/mol. The van der Waals surface area contributed by atoms with E-state index in [9.17, 15) is 22.4 Å². The maximum Gasteiger partial charge on any atom is 0.264 e. The number of likely N-dealkylation sites (tertiary alicyclic amines) is 1. The maximum atomic E-state index is 14.4. The smallest absolute Gasteiger partial charge is 0.264 e. The number of anilines is 1. The summed E-state index contributed by atoms with van der Waals surface area (Å²) in [7, 11) is -2.26. The standard InChI is InChI=1S/C25H27ClFN3O4S/c1-30-9-5-16(6-10-30)28-24(32)19-12-17(13-20-18(19)14-23(31)25(20)7-2-8-25)29-35(33,34)22-4-3-15(26)11-21(22)27/h3-4,11-13,16,29H,2,5-10,14H2,1H3,(H,28,32). The summed E-state index contributed by atoms with van der Waals surface area (Å²) in [5, 5.41) is 3.15. The summed E-state index contributed by atoms with van der Waals surface area (Å²) >= 11 is 5.77. The number of Topliss-reactive ketones (excluding diaryl/α,β-unsaturated/α-hetero) is 1. The van der Waals surface area contributed by atoms with E-state index < -0.39 is 26.2 Å². The third kappa shape index (κ3) is 4.34. The summed E-state index contributed by atoms with van der Waals surface area (Å²) in [5.74, 6) is -1.23. The Hall–Kier alpha value is -2.49. The van der Waals surface area contributed by atoms with Crippen molar-refractivity contribution in [1.82, 2.24) is 10.2 Å². The molecule has 2 aromatic carbocycles. The third-order valence-electron chi connectivity index (χ3n) is 7.58. The number of hydrogen-bond acceptors (Lipinski definition) is 5. The number of amides is 1. The first kappa shape index (κ1) is 24.2. The highest BCUT2D eigenvalue weighted by Gasteiger charge is 2.51. The lowest BCUT2D eigenvalue weighted by atomic mass is 9.64. The first-order chi connectivity index (χ1) is 16.6. The second kappa shape index (κ2) is 8.87. The Bertz CT molecular complexity index is 1320. The van der Waals surface area contributed by atoms with E-state index in [4.69, 9.17) is 11.6 Å². The topological polar surface area (TPSA) is 95.6 Å². The molecule has 1 saturated heterocycles. The number of hydrogen-bond donors (Lipinski definition) is 2. The lowest BCUT2D eigenvalue weighted by Gasteiger charge is -2.38. The summed E-state index contributed by atoms with van der Waals surface area (Å²) < 4.78 is 42.8. The van der Waals surface area contributed by atoms with Crippen LogP contribution in [0.15, 0.2) is 35.2 Å². The molecule has 1 aliphatic heterocycles. The lowest BCUT2D eigenvalue weighted by molar-refractivity contribution is -0.125. The Morgan fingerprint density at radius 1 is 1.17 bits per heavy atom. The van der Waals surface area contributed by atoms with Gasteiger partial charge >= 0.3 is 0 Å². The molecule has 10 heteroatoms. The Kier molecular flexibility index (Phi) is 6.14. The number of sulfonamides is 1. The number of ketones is 1. The predicted molar refractivity (Wildman–Crippen MR) is 131 cm³/mol. The van der Waals surface area contributed by atoms with Crippen LogP contribution in [0.25, 0.3) is 0 Å². The molecule has 2 aromatic rings. The van der Waals surface area contributed by atoms with E-state index in [1.54, 1.807) is 6.07 Å². The van der Waals surface area contributed by atoms with Crippen LogP contribution in [0, 0.1) is 5.82 Å². The van der Waals surface area contributed by atoms with E-state index in [1.807, 2.05) is 7.05 Å². The van der Waals surface area contributed by atoms with Crippen molar-refractivity contribution in [1.29, 1.82) is 0 Å². The van der Waals surface area contributed by atoms with Crippen molar-refractivity contribution in [3.05, 3.63) is 57.9 Å². The van der Waals surface area contributed by atoms with Gasteiger partial charge in [-0.3, -0.25) is 14.3 Å². The van der Waals surface area contributed by atoms with Crippen LogP contribution < -0.4 is 10.0 Å². The molecule has 0 bridgehead atoms. The zero-order valence-corrected chi connectivity index (χ0v) is 20.9. The van der Waals surface area contributed by atoms with Crippen LogP contribution in [-0.2, 0) is 26.7 Å². The predicted octanol–water partition coefficient (Wildman–Crippen LogP) is 3.65. The molecule has 0 radical (unpaired) electrons. The number of rotatable bonds is 5. The van der Waals surface area contributed by atoms with Crippen LogP contribution in [0.4, 0.5) is 10.1 Å². The molecule has 7 nitrogen and oxygen atoms in total. The molecule has 2 aliphatic carbocycles. The summed E-state index contributed by atoms with van der Waals surface area (Å²) in [6, 6.07) is 6.42. The Morgan fingerprint density at radius 2 is 1.89 bits per heavy atom. The van der Waals surface area contributed by atoms with Crippen LogP contribution in [0.3, 0.4) is 0 Å². The van der Waals surface area contributed by atoms with Crippen LogP contribution >= 0.6 is 11.6 Å². The molecule has 3 aliphatic rings. The van der Waals surface area contributed by atoms with Crippen molar-refractivity contribution in [2.75, 3.05) is 24.9 Å². The van der Waals surface area contributed by atoms with Gasteiger partial charge in [0.25, 0.3) is 15.9 Å². The van der Waals surface area contributed by atoms with E-state index in [0.717, 1.165) is 44.5 Å². The number of benzene rings is 2. The SMILES string of the molecule is CN1CCC(NC(=O)c2cc(NS(=O)(=O)c3ccc(Cl)cc3F)cc3c2CC(=O)C32CCC2)CC1. The fourth-order valence-electron chi connectivity index (χ4n) is 5.43. The second-order valence-electron chi connectivity index (χ2n) is 9.82. The van der Waals surface area contributed by atoms with Crippen LogP contribution in [0.1, 0.15) is 53.6 Å². The highest BCUT2D eigenvalue weighted by molar-refractivity contribution is 7.92. The average Bonchev–Trinajstić information content (AvgIpc) is 3.06. The molecule has 1 heterocycles. The van der Waals surface area contributed by atoms with Crippen molar-refractivity contribution < 1.29 is 22.4 Å². The molecule has 0 unspecified atom stereocenters. The van der Waals surface area contributed by atoms with Gasteiger partial charge < -0.3 is 10.2 Å². The molecule has 2 fully saturated rings. The number of nitrogens with zero attached hydrogens (tertiary/aromatic N) is 1. The first-order valence-electron chi connectivity index (χ1n) is 11.8. The number of halogens is 2.